The number of rotatable bonds is 1. The number of hydrogen-bond donors (Lipinski definition) is 0. The van der Waals surface area contributed by atoms with Crippen LogP contribution in [0.1, 0.15) is 11.3 Å². The average Bonchev–Trinajstić information content (AvgIpc) is 2.40. The molecule has 0 N–H and O–H groups in total. The third-order valence-corrected chi connectivity index (χ3v) is 3.16. The number of aryl methyl sites for hydroxylation is 2. The van der Waals surface area contributed by atoms with Crippen molar-refractivity contribution in [1.29, 1.82) is 0 Å². The van der Waals surface area contributed by atoms with Gasteiger partial charge in [-0.3, -0.25) is 4.79 Å². The summed E-state index contributed by atoms with van der Waals surface area (Å²) in [7, 11) is 0. The van der Waals surface area contributed by atoms with E-state index in [1.54, 1.807) is 4.52 Å². The first kappa shape index (κ1) is 11.6. The molecule has 0 atom stereocenters. The summed E-state index contributed by atoms with van der Waals surface area (Å²) < 4.78 is 1.65. The fourth-order valence-electron chi connectivity index (χ4n) is 2.21. The number of aromatic nitrogens is 3. The van der Waals surface area contributed by atoms with E-state index < -0.39 is 0 Å². The van der Waals surface area contributed by atoms with Gasteiger partial charge in [-0.1, -0.05) is 24.3 Å². The van der Waals surface area contributed by atoms with Crippen molar-refractivity contribution in [2.45, 2.75) is 13.8 Å². The Balaban J connectivity index is 2.44. The molecule has 0 aliphatic carbocycles. The number of hydrogen-bond acceptors (Lipinski definition) is 3. The molecule has 0 aliphatic rings. The van der Waals surface area contributed by atoms with Crippen molar-refractivity contribution in [3.63, 3.8) is 0 Å². The third kappa shape index (κ3) is 1.91. The van der Waals surface area contributed by atoms with Crippen LogP contribution in [0.15, 0.2) is 47.5 Å². The first-order chi connectivity index (χ1) is 9.16. The van der Waals surface area contributed by atoms with Gasteiger partial charge in [-0.2, -0.15) is 10.1 Å². The minimum Gasteiger partial charge on any atom is -0.267 e. The number of benzene rings is 1. The molecule has 19 heavy (non-hydrogen) atoms. The molecule has 0 bridgehead atoms. The smallest absolute Gasteiger partial charge is 0.267 e. The van der Waals surface area contributed by atoms with Crippen molar-refractivity contribution in [3.8, 4) is 11.1 Å². The molecule has 2 aromatic heterocycles. The van der Waals surface area contributed by atoms with Gasteiger partial charge in [0.05, 0.1) is 16.8 Å². The maximum atomic E-state index is 12.1. The zero-order chi connectivity index (χ0) is 13.4. The first-order valence-electron chi connectivity index (χ1n) is 6.08. The van der Waals surface area contributed by atoms with Crippen LogP contribution in [0.3, 0.4) is 0 Å². The highest BCUT2D eigenvalue weighted by Gasteiger charge is 2.11. The zero-order valence-corrected chi connectivity index (χ0v) is 10.8. The summed E-state index contributed by atoms with van der Waals surface area (Å²) in [6.07, 6.45) is 1.46. The van der Waals surface area contributed by atoms with Gasteiger partial charge >= 0.3 is 0 Å². The lowest BCUT2D eigenvalue weighted by atomic mass is 10.0. The molecular weight excluding hydrogens is 238 g/mol. The van der Waals surface area contributed by atoms with E-state index in [2.05, 4.69) is 10.1 Å². The Morgan fingerprint density at radius 1 is 1.05 bits per heavy atom. The number of fused-ring (bicyclic) bond motifs is 1. The molecule has 4 heteroatoms. The van der Waals surface area contributed by atoms with E-state index in [0.717, 1.165) is 22.3 Å². The van der Waals surface area contributed by atoms with Crippen LogP contribution in [0.25, 0.3) is 16.6 Å². The second kappa shape index (κ2) is 4.31. The lowest BCUT2D eigenvalue weighted by Gasteiger charge is -2.08. The maximum Gasteiger partial charge on any atom is 0.281 e. The molecule has 0 unspecified atom stereocenters. The SMILES string of the molecule is Cc1ccc2c(-c3ccccc3C)c(=O)ncn2n1. The second-order valence-corrected chi connectivity index (χ2v) is 4.54. The highest BCUT2D eigenvalue weighted by atomic mass is 16.1. The predicted molar refractivity (Wildman–Crippen MR) is 74.2 cm³/mol. The van der Waals surface area contributed by atoms with Gasteiger partial charge in [-0.15, -0.1) is 0 Å². The van der Waals surface area contributed by atoms with E-state index >= 15 is 0 Å². The van der Waals surface area contributed by atoms with Crippen LogP contribution in [0.5, 0.6) is 0 Å². The van der Waals surface area contributed by atoms with Gasteiger partial charge in [0.15, 0.2) is 0 Å². The predicted octanol–water partition coefficient (Wildman–Crippen LogP) is 2.37. The van der Waals surface area contributed by atoms with Gasteiger partial charge in [-0.25, -0.2) is 4.52 Å². The summed E-state index contributed by atoms with van der Waals surface area (Å²) in [6.45, 7) is 3.89. The molecule has 0 saturated carbocycles. The molecule has 0 aliphatic heterocycles. The third-order valence-electron chi connectivity index (χ3n) is 3.16. The molecule has 0 amide bonds. The van der Waals surface area contributed by atoms with Gasteiger partial charge < -0.3 is 0 Å². The molecular formula is C15H13N3O. The zero-order valence-electron chi connectivity index (χ0n) is 10.8. The van der Waals surface area contributed by atoms with Crippen LogP contribution in [0.2, 0.25) is 0 Å². The molecule has 0 fully saturated rings. The molecule has 0 saturated heterocycles. The van der Waals surface area contributed by atoms with Gasteiger partial charge in [0.2, 0.25) is 0 Å². The summed E-state index contributed by atoms with van der Waals surface area (Å²) in [5.74, 6) is 0. The van der Waals surface area contributed by atoms with Crippen molar-refractivity contribution in [1.82, 2.24) is 14.6 Å². The Labute approximate surface area is 110 Å². The van der Waals surface area contributed by atoms with Gasteiger partial charge in [0, 0.05) is 0 Å². The van der Waals surface area contributed by atoms with E-state index in [-0.39, 0.29) is 5.56 Å². The van der Waals surface area contributed by atoms with E-state index in [1.807, 2.05) is 50.2 Å². The van der Waals surface area contributed by atoms with Crippen LogP contribution in [0.4, 0.5) is 0 Å². The molecule has 2 heterocycles. The summed E-state index contributed by atoms with van der Waals surface area (Å²) in [5.41, 5.74) is 4.00. The van der Waals surface area contributed by atoms with Crippen molar-refractivity contribution in [2.24, 2.45) is 0 Å². The minimum absolute atomic E-state index is 0.222. The van der Waals surface area contributed by atoms with Crippen molar-refractivity contribution >= 4 is 5.52 Å². The standard InChI is InChI=1S/C15H13N3O/c1-10-5-3-4-6-12(10)14-13-8-7-11(2)17-18(13)9-16-15(14)19/h3-9H,1-2H3. The molecule has 4 nitrogen and oxygen atoms in total. The lowest BCUT2D eigenvalue weighted by Crippen LogP contribution is -2.14. The summed E-state index contributed by atoms with van der Waals surface area (Å²) in [4.78, 5) is 16.0. The molecule has 0 radical (unpaired) electrons. The molecule has 3 aromatic rings. The lowest BCUT2D eigenvalue weighted by molar-refractivity contribution is 0.858. The molecule has 94 valence electrons. The quantitative estimate of drug-likeness (QED) is 0.667. The van der Waals surface area contributed by atoms with Crippen molar-refractivity contribution in [2.75, 3.05) is 0 Å². The van der Waals surface area contributed by atoms with Crippen LogP contribution < -0.4 is 5.56 Å². The van der Waals surface area contributed by atoms with Gasteiger partial charge in [0.1, 0.15) is 6.33 Å². The van der Waals surface area contributed by atoms with Crippen LogP contribution in [0, 0.1) is 13.8 Å². The molecule has 0 spiro atoms. The fourth-order valence-corrected chi connectivity index (χ4v) is 2.21. The van der Waals surface area contributed by atoms with Crippen molar-refractivity contribution < 1.29 is 0 Å². The average molecular weight is 251 g/mol. The van der Waals surface area contributed by atoms with E-state index in [1.165, 1.54) is 6.33 Å². The largest absolute Gasteiger partial charge is 0.281 e. The maximum absolute atomic E-state index is 12.1. The molecule has 1 aromatic carbocycles. The fraction of sp³-hybridized carbons (Fsp3) is 0.133. The van der Waals surface area contributed by atoms with E-state index in [4.69, 9.17) is 0 Å². The Bertz CT molecular complexity index is 821. The summed E-state index contributed by atoms with van der Waals surface area (Å²) in [5, 5.41) is 4.35. The van der Waals surface area contributed by atoms with Crippen LogP contribution in [-0.2, 0) is 0 Å². The summed E-state index contributed by atoms with van der Waals surface area (Å²) in [6, 6.07) is 11.6. The Morgan fingerprint density at radius 3 is 2.63 bits per heavy atom. The minimum atomic E-state index is -0.222. The van der Waals surface area contributed by atoms with Gasteiger partial charge in [-0.05, 0) is 37.1 Å². The highest BCUT2D eigenvalue weighted by molar-refractivity contribution is 5.80. The van der Waals surface area contributed by atoms with Gasteiger partial charge in [0.25, 0.3) is 5.56 Å². The highest BCUT2D eigenvalue weighted by Crippen LogP contribution is 2.23. The summed E-state index contributed by atoms with van der Waals surface area (Å²) >= 11 is 0. The normalized spacial score (nSPS) is 10.8. The number of nitrogens with zero attached hydrogens (tertiary/aromatic N) is 3. The first-order valence-corrected chi connectivity index (χ1v) is 6.08. The Morgan fingerprint density at radius 2 is 1.84 bits per heavy atom. The van der Waals surface area contributed by atoms with Crippen LogP contribution >= 0.6 is 0 Å². The monoisotopic (exact) mass is 251 g/mol. The Kier molecular flexibility index (Phi) is 2.63. The van der Waals surface area contributed by atoms with E-state index in [0.29, 0.717) is 5.56 Å². The second-order valence-electron chi connectivity index (χ2n) is 4.54. The van der Waals surface area contributed by atoms with Crippen molar-refractivity contribution in [3.05, 3.63) is 64.3 Å². The molecule has 3 rings (SSSR count). The Hall–Kier alpha value is -2.49. The van der Waals surface area contributed by atoms with E-state index in [9.17, 15) is 4.79 Å². The topological polar surface area (TPSA) is 47.3 Å². The van der Waals surface area contributed by atoms with Crippen LogP contribution in [-0.4, -0.2) is 14.6 Å².